The number of rotatable bonds is 11. The predicted octanol–water partition coefficient (Wildman–Crippen LogP) is 6.06. The molecule has 0 saturated heterocycles. The van der Waals surface area contributed by atoms with Gasteiger partial charge >= 0.3 is 0 Å². The van der Waals surface area contributed by atoms with E-state index in [1.807, 2.05) is 12.1 Å². The van der Waals surface area contributed by atoms with Crippen LogP contribution in [0.25, 0.3) is 0 Å². The van der Waals surface area contributed by atoms with Crippen LogP contribution in [0.5, 0.6) is 17.2 Å². The number of hydrogen-bond donors (Lipinski definition) is 2. The van der Waals surface area contributed by atoms with Crippen molar-refractivity contribution in [2.75, 3.05) is 19.5 Å². The summed E-state index contributed by atoms with van der Waals surface area (Å²) in [6, 6.07) is 17.7. The van der Waals surface area contributed by atoms with Crippen molar-refractivity contribution in [1.82, 2.24) is 5.43 Å². The Bertz CT molecular complexity index is 1280. The summed E-state index contributed by atoms with van der Waals surface area (Å²) in [5, 5.41) is 7.48. The lowest BCUT2D eigenvalue weighted by molar-refractivity contribution is -0.134. The minimum atomic E-state index is -0.945. The molecule has 2 amide bonds. The van der Waals surface area contributed by atoms with Gasteiger partial charge in [-0.3, -0.25) is 9.59 Å². The van der Waals surface area contributed by atoms with Gasteiger partial charge in [-0.1, -0.05) is 37.6 Å². The van der Waals surface area contributed by atoms with Crippen LogP contribution in [0.3, 0.4) is 0 Å². The molecule has 3 aromatic rings. The van der Waals surface area contributed by atoms with Crippen molar-refractivity contribution in [2.45, 2.75) is 20.5 Å². The summed E-state index contributed by atoms with van der Waals surface area (Å²) in [5.41, 5.74) is 4.64. The summed E-state index contributed by atoms with van der Waals surface area (Å²) in [6.45, 7) is 3.92. The van der Waals surface area contributed by atoms with E-state index >= 15 is 0 Å². The number of anilines is 1. The SMILES string of the molecule is COc1ccc(NC(=O)C(C(=O)NN=Cc2cc(Br)c(OCc3ccc(Cl)cc3)c(OC)c2)C(C)C)cc1. The van der Waals surface area contributed by atoms with Crippen molar-refractivity contribution in [3.8, 4) is 17.2 Å². The predicted molar refractivity (Wildman–Crippen MR) is 152 cm³/mol. The first-order chi connectivity index (χ1) is 18.2. The van der Waals surface area contributed by atoms with Gasteiger partial charge in [0.2, 0.25) is 5.91 Å². The molecule has 1 atom stereocenters. The molecular weight excluding hydrogens is 574 g/mol. The van der Waals surface area contributed by atoms with Crippen molar-refractivity contribution in [3.63, 3.8) is 0 Å². The molecule has 0 aliphatic rings. The maximum atomic E-state index is 12.8. The summed E-state index contributed by atoms with van der Waals surface area (Å²) in [5.74, 6) is -0.465. The highest BCUT2D eigenvalue weighted by molar-refractivity contribution is 9.10. The zero-order valence-corrected chi connectivity index (χ0v) is 23.8. The van der Waals surface area contributed by atoms with Crippen LogP contribution in [0.1, 0.15) is 25.0 Å². The van der Waals surface area contributed by atoms with E-state index in [2.05, 4.69) is 31.8 Å². The Morgan fingerprint density at radius 2 is 1.68 bits per heavy atom. The Kier molecular flexibility index (Phi) is 10.6. The molecule has 10 heteroatoms. The molecule has 8 nitrogen and oxygen atoms in total. The Morgan fingerprint density at radius 1 is 1.00 bits per heavy atom. The lowest BCUT2D eigenvalue weighted by Gasteiger charge is -2.18. The normalized spacial score (nSPS) is 11.8. The monoisotopic (exact) mass is 601 g/mol. The number of carbonyl (C=O) groups is 2. The van der Waals surface area contributed by atoms with E-state index in [1.165, 1.54) is 13.3 Å². The van der Waals surface area contributed by atoms with Gasteiger partial charge in [-0.25, -0.2) is 5.43 Å². The standard InChI is InChI=1S/C28H29BrClN3O5/c1-17(2)25(27(34)32-21-9-11-22(36-3)12-10-21)28(35)33-31-15-19-13-23(29)26(24(14-19)37-4)38-16-18-5-7-20(30)8-6-18/h5-15,17,25H,16H2,1-4H3,(H,32,34)(H,33,35). The molecule has 3 rings (SSSR count). The molecule has 0 radical (unpaired) electrons. The zero-order chi connectivity index (χ0) is 27.7. The largest absolute Gasteiger partial charge is 0.497 e. The van der Waals surface area contributed by atoms with Crippen molar-refractivity contribution >= 4 is 51.2 Å². The Labute approximate surface area is 235 Å². The first-order valence-electron chi connectivity index (χ1n) is 11.7. The molecule has 2 N–H and O–H groups in total. The fourth-order valence-electron chi connectivity index (χ4n) is 3.55. The van der Waals surface area contributed by atoms with Gasteiger partial charge in [-0.05, 0) is 81.5 Å². The third kappa shape index (κ3) is 7.97. The van der Waals surface area contributed by atoms with E-state index in [-0.39, 0.29) is 5.92 Å². The van der Waals surface area contributed by atoms with Crippen LogP contribution in [-0.2, 0) is 16.2 Å². The molecule has 3 aromatic carbocycles. The summed E-state index contributed by atoms with van der Waals surface area (Å²) in [6.07, 6.45) is 1.47. The lowest BCUT2D eigenvalue weighted by Crippen LogP contribution is -2.39. The minimum Gasteiger partial charge on any atom is -0.497 e. The van der Waals surface area contributed by atoms with Crippen LogP contribution in [0, 0.1) is 11.8 Å². The van der Waals surface area contributed by atoms with Crippen LogP contribution in [0.4, 0.5) is 5.69 Å². The molecule has 0 spiro atoms. The Balaban J connectivity index is 1.65. The summed E-state index contributed by atoms with van der Waals surface area (Å²) in [4.78, 5) is 25.7. The van der Waals surface area contributed by atoms with E-state index < -0.39 is 17.7 Å². The Hall–Kier alpha value is -3.56. The van der Waals surface area contributed by atoms with Gasteiger partial charge in [0.1, 0.15) is 18.3 Å². The van der Waals surface area contributed by atoms with Crippen molar-refractivity contribution < 1.29 is 23.8 Å². The second kappa shape index (κ2) is 13.8. The van der Waals surface area contributed by atoms with Crippen LogP contribution < -0.4 is 25.0 Å². The number of carbonyl (C=O) groups excluding carboxylic acids is 2. The maximum absolute atomic E-state index is 12.8. The number of amides is 2. The minimum absolute atomic E-state index is 0.255. The molecule has 0 bridgehead atoms. The van der Waals surface area contributed by atoms with E-state index in [9.17, 15) is 9.59 Å². The summed E-state index contributed by atoms with van der Waals surface area (Å²) >= 11 is 9.45. The number of hydrogen-bond acceptors (Lipinski definition) is 6. The van der Waals surface area contributed by atoms with E-state index in [0.717, 1.165) is 5.56 Å². The van der Waals surface area contributed by atoms with Crippen LogP contribution in [0.2, 0.25) is 5.02 Å². The zero-order valence-electron chi connectivity index (χ0n) is 21.5. The van der Waals surface area contributed by atoms with E-state index in [1.54, 1.807) is 69.5 Å². The molecule has 200 valence electrons. The van der Waals surface area contributed by atoms with Crippen LogP contribution in [-0.4, -0.2) is 32.2 Å². The fourth-order valence-corrected chi connectivity index (χ4v) is 4.25. The first kappa shape index (κ1) is 29.0. The summed E-state index contributed by atoms with van der Waals surface area (Å²) in [7, 11) is 3.10. The molecular formula is C28H29BrClN3O5. The lowest BCUT2D eigenvalue weighted by atomic mass is 9.94. The molecule has 0 saturated carbocycles. The van der Waals surface area contributed by atoms with Gasteiger partial charge in [0.05, 0.1) is 24.9 Å². The summed E-state index contributed by atoms with van der Waals surface area (Å²) < 4.78 is 17.2. The van der Waals surface area contributed by atoms with Gasteiger partial charge in [0.15, 0.2) is 11.5 Å². The molecule has 0 aromatic heterocycles. The number of benzene rings is 3. The fraction of sp³-hybridized carbons (Fsp3) is 0.250. The molecule has 0 aliphatic carbocycles. The third-order valence-electron chi connectivity index (χ3n) is 5.53. The van der Waals surface area contributed by atoms with Gasteiger partial charge in [0.25, 0.3) is 5.91 Å². The van der Waals surface area contributed by atoms with E-state index in [0.29, 0.717) is 44.6 Å². The molecule has 0 aliphatic heterocycles. The van der Waals surface area contributed by atoms with Gasteiger partial charge in [-0.2, -0.15) is 5.10 Å². The molecule has 38 heavy (non-hydrogen) atoms. The number of nitrogens with one attached hydrogen (secondary N) is 2. The molecule has 0 fully saturated rings. The topological polar surface area (TPSA) is 98.2 Å². The highest BCUT2D eigenvalue weighted by atomic mass is 79.9. The van der Waals surface area contributed by atoms with Gasteiger partial charge in [-0.15, -0.1) is 0 Å². The Morgan fingerprint density at radius 3 is 2.29 bits per heavy atom. The van der Waals surface area contributed by atoms with Gasteiger partial charge < -0.3 is 19.5 Å². The van der Waals surface area contributed by atoms with Crippen molar-refractivity contribution in [3.05, 3.63) is 81.3 Å². The number of ether oxygens (including phenoxy) is 3. The van der Waals surface area contributed by atoms with E-state index in [4.69, 9.17) is 25.8 Å². The maximum Gasteiger partial charge on any atom is 0.252 e. The second-order valence-electron chi connectivity index (χ2n) is 8.62. The quantitative estimate of drug-likeness (QED) is 0.158. The number of halogens is 2. The second-order valence-corrected chi connectivity index (χ2v) is 9.91. The molecule has 0 heterocycles. The average molecular weight is 603 g/mol. The van der Waals surface area contributed by atoms with Crippen LogP contribution in [0.15, 0.2) is 70.2 Å². The number of nitrogens with zero attached hydrogens (tertiary/aromatic N) is 1. The highest BCUT2D eigenvalue weighted by Crippen LogP contribution is 2.37. The highest BCUT2D eigenvalue weighted by Gasteiger charge is 2.30. The van der Waals surface area contributed by atoms with Crippen molar-refractivity contribution in [1.29, 1.82) is 0 Å². The third-order valence-corrected chi connectivity index (χ3v) is 6.37. The number of methoxy groups -OCH3 is 2. The number of hydrazone groups is 1. The first-order valence-corrected chi connectivity index (χ1v) is 12.9. The van der Waals surface area contributed by atoms with Crippen molar-refractivity contribution in [2.24, 2.45) is 16.9 Å². The average Bonchev–Trinajstić information content (AvgIpc) is 2.89. The molecule has 1 unspecified atom stereocenters. The van der Waals surface area contributed by atoms with Gasteiger partial charge in [0, 0.05) is 10.7 Å². The van der Waals surface area contributed by atoms with Crippen LogP contribution >= 0.6 is 27.5 Å². The smallest absolute Gasteiger partial charge is 0.252 e.